The van der Waals surface area contributed by atoms with Gasteiger partial charge in [-0.2, -0.15) is 4.98 Å². The van der Waals surface area contributed by atoms with Crippen LogP contribution in [0.4, 0.5) is 15.9 Å². The normalized spacial score (nSPS) is 27.9. The number of benzene rings is 1. The first-order chi connectivity index (χ1) is 14.8. The van der Waals surface area contributed by atoms with Crippen LogP contribution >= 0.6 is 11.6 Å². The third-order valence-electron chi connectivity index (χ3n) is 6.24. The van der Waals surface area contributed by atoms with Crippen molar-refractivity contribution in [2.24, 2.45) is 29.4 Å². The fourth-order valence-electron chi connectivity index (χ4n) is 5.03. The zero-order valence-corrected chi connectivity index (χ0v) is 18.2. The van der Waals surface area contributed by atoms with Gasteiger partial charge in [-0.1, -0.05) is 12.1 Å². The first kappa shape index (κ1) is 21.9. The second-order valence-electron chi connectivity index (χ2n) is 8.17. The molecule has 11 heteroatoms. The molecular weight excluding hydrogens is 443 g/mol. The van der Waals surface area contributed by atoms with Gasteiger partial charge in [0.05, 0.1) is 28.9 Å². The van der Waals surface area contributed by atoms with Crippen LogP contribution in [0.15, 0.2) is 30.5 Å². The molecule has 4 rings (SSSR count). The van der Waals surface area contributed by atoms with Crippen molar-refractivity contribution in [1.82, 2.24) is 14.7 Å². The fourth-order valence-corrected chi connectivity index (χ4v) is 6.14. The van der Waals surface area contributed by atoms with E-state index in [4.69, 9.17) is 23.1 Å². The Hall–Kier alpha value is -2.30. The number of nitrogen functional groups attached to an aromatic ring is 1. The van der Waals surface area contributed by atoms with E-state index in [1.807, 2.05) is 12.1 Å². The van der Waals surface area contributed by atoms with Gasteiger partial charge in [-0.3, -0.25) is 4.79 Å². The second-order valence-corrected chi connectivity index (χ2v) is 9.78. The van der Waals surface area contributed by atoms with E-state index in [0.29, 0.717) is 18.0 Å². The van der Waals surface area contributed by atoms with Gasteiger partial charge >= 0.3 is 0 Å². The molecule has 0 aliphatic heterocycles. The molecule has 166 valence electrons. The van der Waals surface area contributed by atoms with Crippen LogP contribution in [0.1, 0.15) is 18.4 Å². The molecule has 6 atom stereocenters. The van der Waals surface area contributed by atoms with Crippen molar-refractivity contribution in [3.8, 4) is 0 Å². The number of nitrogens with zero attached hydrogens (tertiary/aromatic N) is 2. The Morgan fingerprint density at radius 3 is 2.90 bits per heavy atom. The van der Waals surface area contributed by atoms with Crippen LogP contribution in [0.3, 0.4) is 0 Å². The summed E-state index contributed by atoms with van der Waals surface area (Å²) in [6, 6.07) is 6.93. The van der Waals surface area contributed by atoms with Crippen LogP contribution in [-0.2, 0) is 21.5 Å². The maximum Gasteiger partial charge on any atom is 0.224 e. The molecule has 8 nitrogen and oxygen atoms in total. The van der Waals surface area contributed by atoms with Crippen molar-refractivity contribution in [3.63, 3.8) is 0 Å². The summed E-state index contributed by atoms with van der Waals surface area (Å²) in [5.74, 6) is -0.851. The van der Waals surface area contributed by atoms with Gasteiger partial charge in [0, 0.05) is 18.3 Å². The Balaban J connectivity index is 1.42. The first-order valence-electron chi connectivity index (χ1n) is 10.0. The average molecular weight is 467 g/mol. The number of hydrogen-bond donors (Lipinski definition) is 4. The van der Waals surface area contributed by atoms with E-state index >= 15 is 0 Å². The highest BCUT2D eigenvalue weighted by Crippen LogP contribution is 2.52. The van der Waals surface area contributed by atoms with E-state index in [9.17, 15) is 13.4 Å². The minimum absolute atomic E-state index is 0.0410. The summed E-state index contributed by atoms with van der Waals surface area (Å²) in [5, 5.41) is 2.96. The number of carbonyl (C=O) groups is 1. The Morgan fingerprint density at radius 2 is 2.16 bits per heavy atom. The summed E-state index contributed by atoms with van der Waals surface area (Å²) in [5.41, 5.74) is 13.0. The molecule has 2 saturated carbocycles. The lowest BCUT2D eigenvalue weighted by molar-refractivity contribution is -0.123. The van der Waals surface area contributed by atoms with Crippen molar-refractivity contribution >= 4 is 40.0 Å². The monoisotopic (exact) mass is 466 g/mol. The minimum Gasteiger partial charge on any atom is -0.399 e. The highest BCUT2D eigenvalue weighted by atomic mass is 35.5. The van der Waals surface area contributed by atoms with Gasteiger partial charge < -0.3 is 16.8 Å². The first-order valence-corrected chi connectivity index (χ1v) is 11.7. The highest BCUT2D eigenvalue weighted by molar-refractivity contribution is 7.82. The van der Waals surface area contributed by atoms with Crippen LogP contribution in [0.2, 0.25) is 5.28 Å². The minimum atomic E-state index is -1.27. The number of fused-ring (bicyclic) bond motifs is 2. The van der Waals surface area contributed by atoms with Crippen molar-refractivity contribution in [2.45, 2.75) is 24.6 Å². The van der Waals surface area contributed by atoms with Crippen LogP contribution in [0.25, 0.3) is 0 Å². The molecule has 1 aromatic carbocycles. The smallest absolute Gasteiger partial charge is 0.224 e. The Bertz CT molecular complexity index is 1010. The lowest BCUT2D eigenvalue weighted by atomic mass is 9.78. The summed E-state index contributed by atoms with van der Waals surface area (Å²) in [7, 11) is -1.27. The molecule has 1 unspecified atom stereocenters. The summed E-state index contributed by atoms with van der Waals surface area (Å²) < 4.78 is 29.8. The molecule has 6 N–H and O–H groups in total. The van der Waals surface area contributed by atoms with Crippen LogP contribution in [0.5, 0.6) is 0 Å². The number of nitrogens with one attached hydrogen (secondary N) is 2. The molecule has 31 heavy (non-hydrogen) atoms. The van der Waals surface area contributed by atoms with Gasteiger partial charge in [0.2, 0.25) is 11.2 Å². The largest absolute Gasteiger partial charge is 0.399 e. The zero-order valence-electron chi connectivity index (χ0n) is 16.6. The molecule has 2 bridgehead atoms. The van der Waals surface area contributed by atoms with Crippen molar-refractivity contribution in [3.05, 3.63) is 47.1 Å². The molecule has 2 aromatic rings. The molecule has 2 aliphatic carbocycles. The van der Waals surface area contributed by atoms with E-state index in [-0.39, 0.29) is 34.9 Å². The zero-order chi connectivity index (χ0) is 22.1. The van der Waals surface area contributed by atoms with Gasteiger partial charge in [0.1, 0.15) is 0 Å². The summed E-state index contributed by atoms with van der Waals surface area (Å²) in [6.07, 6.45) is 2.58. The summed E-state index contributed by atoms with van der Waals surface area (Å²) in [6.45, 7) is 0.521. The fraction of sp³-hybridized carbons (Fsp3) is 0.450. The third kappa shape index (κ3) is 4.81. The lowest BCUT2D eigenvalue weighted by Crippen LogP contribution is -2.47. The van der Waals surface area contributed by atoms with Crippen molar-refractivity contribution < 1.29 is 13.4 Å². The van der Waals surface area contributed by atoms with E-state index in [2.05, 4.69) is 20.0 Å². The van der Waals surface area contributed by atoms with Gasteiger partial charge in [-0.15, -0.1) is 0 Å². The number of anilines is 2. The number of hydrogen-bond acceptors (Lipinski definition) is 6. The Labute approximate surface area is 186 Å². The van der Waals surface area contributed by atoms with Gasteiger partial charge in [-0.05, 0) is 59.9 Å². The number of halogens is 2. The standard InChI is InChI=1S/C20H24ClFN6O2S/c21-20-25-8-15(22)19(28-20)27-17-14-6-11(16(17)18(24)29)5-12(14)7-26-31(30)9-10-2-1-3-13(23)4-10/h1-4,8,11-12,14,16-17,26H,5-7,9,23H2,(H2,24,29)(H,25,27,28)/t11-,12+,14-,16+,17-,31?/m1/s1. The summed E-state index contributed by atoms with van der Waals surface area (Å²) >= 11 is 5.80. The number of aromatic nitrogens is 2. The Morgan fingerprint density at radius 1 is 1.35 bits per heavy atom. The lowest BCUT2D eigenvalue weighted by Gasteiger charge is -2.35. The van der Waals surface area contributed by atoms with E-state index in [0.717, 1.165) is 24.6 Å². The number of carbonyl (C=O) groups excluding carboxylic acids is 1. The average Bonchev–Trinajstić information content (AvgIpc) is 3.27. The molecule has 1 heterocycles. The van der Waals surface area contributed by atoms with Crippen LogP contribution in [-0.4, -0.2) is 32.7 Å². The van der Waals surface area contributed by atoms with E-state index in [1.165, 1.54) is 0 Å². The second kappa shape index (κ2) is 9.05. The number of amides is 1. The molecule has 0 radical (unpaired) electrons. The molecule has 2 fully saturated rings. The Kier molecular flexibility index (Phi) is 6.40. The maximum atomic E-state index is 14.2. The molecule has 0 spiro atoms. The van der Waals surface area contributed by atoms with E-state index < -0.39 is 28.6 Å². The summed E-state index contributed by atoms with van der Waals surface area (Å²) in [4.78, 5) is 19.6. The number of rotatable bonds is 8. The molecule has 1 aromatic heterocycles. The highest BCUT2D eigenvalue weighted by Gasteiger charge is 2.54. The third-order valence-corrected chi connectivity index (χ3v) is 7.51. The van der Waals surface area contributed by atoms with E-state index in [1.54, 1.807) is 12.1 Å². The van der Waals surface area contributed by atoms with Crippen LogP contribution in [0, 0.1) is 29.5 Å². The SMILES string of the molecule is NC(=O)[C@H]1[C@@H]2C[C@@H](CNS(=O)Cc3cccc(N)c3)[C@@H](C2)[C@H]1Nc1nc(Cl)ncc1F. The molecule has 0 saturated heterocycles. The number of primary amides is 1. The van der Waals surface area contributed by atoms with Crippen molar-refractivity contribution in [2.75, 3.05) is 17.6 Å². The molecular formula is C20H24ClFN6O2S. The quantitative estimate of drug-likeness (QED) is 0.346. The van der Waals surface area contributed by atoms with Gasteiger partial charge in [0.15, 0.2) is 11.6 Å². The molecule has 1 amide bonds. The maximum absolute atomic E-state index is 14.2. The van der Waals surface area contributed by atoms with Gasteiger partial charge in [-0.25, -0.2) is 18.3 Å². The topological polar surface area (TPSA) is 136 Å². The predicted molar refractivity (Wildman–Crippen MR) is 118 cm³/mol. The van der Waals surface area contributed by atoms with Crippen molar-refractivity contribution in [1.29, 1.82) is 0 Å². The predicted octanol–water partition coefficient (Wildman–Crippen LogP) is 1.84. The van der Waals surface area contributed by atoms with Gasteiger partial charge in [0.25, 0.3) is 0 Å². The van der Waals surface area contributed by atoms with Crippen LogP contribution < -0.4 is 21.5 Å². The molecule has 2 aliphatic rings. The number of nitrogens with two attached hydrogens (primary N) is 2.